The highest BCUT2D eigenvalue weighted by Gasteiger charge is 2.51. The number of halogens is 1. The third kappa shape index (κ3) is 4.75. The fourth-order valence-electron chi connectivity index (χ4n) is 6.93. The summed E-state index contributed by atoms with van der Waals surface area (Å²) in [6, 6.07) is 5.89. The smallest absolute Gasteiger partial charge is 0.231 e. The molecule has 3 heterocycles. The summed E-state index contributed by atoms with van der Waals surface area (Å²) in [5.74, 6) is 0.380. The lowest BCUT2D eigenvalue weighted by Crippen LogP contribution is -2.44. The lowest BCUT2D eigenvalue weighted by Gasteiger charge is -2.36. The quantitative estimate of drug-likeness (QED) is 0.552. The highest BCUT2D eigenvalue weighted by Crippen LogP contribution is 2.52. The molecular formula is C28H34ClN5O3. The SMILES string of the molecule is CC(=O)N[C@@H]1C[C@@H]2C[C@@](C)(C(=O)Nc3cc(-c4cc(C#N)n5c4CC(C)(C)C5)c(Cl)cn3)C[C@@H]2[C@@H](O)C1. The predicted octanol–water partition coefficient (Wildman–Crippen LogP) is 4.29. The summed E-state index contributed by atoms with van der Waals surface area (Å²) >= 11 is 6.57. The van der Waals surface area contributed by atoms with E-state index in [-0.39, 0.29) is 35.1 Å². The molecule has 9 heteroatoms. The third-order valence-electron chi connectivity index (χ3n) is 8.51. The molecule has 2 saturated carbocycles. The van der Waals surface area contributed by atoms with Crippen LogP contribution in [0, 0.1) is 34.0 Å². The van der Waals surface area contributed by atoms with E-state index < -0.39 is 11.5 Å². The minimum Gasteiger partial charge on any atom is -0.393 e. The molecule has 0 saturated heterocycles. The van der Waals surface area contributed by atoms with Crippen LogP contribution in [0.2, 0.25) is 5.02 Å². The molecule has 2 aliphatic carbocycles. The van der Waals surface area contributed by atoms with Crippen molar-refractivity contribution in [2.75, 3.05) is 5.32 Å². The van der Waals surface area contributed by atoms with Crippen molar-refractivity contribution in [3.8, 4) is 17.2 Å². The van der Waals surface area contributed by atoms with Gasteiger partial charge in [0.25, 0.3) is 0 Å². The number of aliphatic hydroxyl groups excluding tert-OH is 1. The lowest BCUT2D eigenvalue weighted by molar-refractivity contribution is -0.125. The number of nitriles is 1. The number of aliphatic hydroxyl groups is 1. The maximum atomic E-state index is 13.5. The number of hydrogen-bond acceptors (Lipinski definition) is 5. The Balaban J connectivity index is 1.37. The summed E-state index contributed by atoms with van der Waals surface area (Å²) in [7, 11) is 0. The Morgan fingerprint density at radius 1 is 1.22 bits per heavy atom. The van der Waals surface area contributed by atoms with Crippen molar-refractivity contribution in [1.29, 1.82) is 5.26 Å². The molecule has 1 aliphatic heterocycles. The number of aromatic nitrogens is 2. The number of rotatable bonds is 4. The van der Waals surface area contributed by atoms with Gasteiger partial charge >= 0.3 is 0 Å². The molecule has 0 spiro atoms. The first-order valence-corrected chi connectivity index (χ1v) is 13.3. The van der Waals surface area contributed by atoms with Crippen LogP contribution in [0.1, 0.15) is 64.8 Å². The molecule has 5 rings (SSSR count). The van der Waals surface area contributed by atoms with Crippen LogP contribution < -0.4 is 10.6 Å². The molecule has 0 unspecified atom stereocenters. The van der Waals surface area contributed by atoms with Crippen LogP contribution in [-0.4, -0.2) is 38.6 Å². The number of nitrogens with zero attached hydrogens (tertiary/aromatic N) is 3. The third-order valence-corrected chi connectivity index (χ3v) is 8.81. The minimum absolute atomic E-state index is 0.0335. The second-order valence-electron chi connectivity index (χ2n) is 12.3. The van der Waals surface area contributed by atoms with Crippen LogP contribution in [0.3, 0.4) is 0 Å². The number of hydrogen-bond donors (Lipinski definition) is 3. The maximum absolute atomic E-state index is 13.5. The van der Waals surface area contributed by atoms with Crippen LogP contribution in [0.4, 0.5) is 5.82 Å². The summed E-state index contributed by atoms with van der Waals surface area (Å²) in [6.45, 7) is 8.56. The van der Waals surface area contributed by atoms with Crippen molar-refractivity contribution in [3.05, 3.63) is 34.7 Å². The topological polar surface area (TPSA) is 120 Å². The van der Waals surface area contributed by atoms with Crippen molar-refractivity contribution in [1.82, 2.24) is 14.9 Å². The summed E-state index contributed by atoms with van der Waals surface area (Å²) in [4.78, 5) is 29.4. The van der Waals surface area contributed by atoms with Crippen molar-refractivity contribution in [2.45, 2.75) is 78.5 Å². The number of amides is 2. The molecule has 0 aromatic carbocycles. The molecule has 196 valence electrons. The van der Waals surface area contributed by atoms with Gasteiger partial charge in [-0.15, -0.1) is 0 Å². The van der Waals surface area contributed by atoms with Gasteiger partial charge in [0.05, 0.1) is 11.1 Å². The van der Waals surface area contributed by atoms with E-state index in [0.717, 1.165) is 36.2 Å². The number of carbonyl (C=O) groups excluding carboxylic acids is 2. The van der Waals surface area contributed by atoms with E-state index in [1.54, 1.807) is 12.3 Å². The Bertz CT molecular complexity index is 1310. The number of nitrogens with one attached hydrogen (secondary N) is 2. The first-order valence-electron chi connectivity index (χ1n) is 12.9. The van der Waals surface area contributed by atoms with Gasteiger partial charge in [-0.25, -0.2) is 4.98 Å². The summed E-state index contributed by atoms with van der Waals surface area (Å²) in [5.41, 5.74) is 2.71. The summed E-state index contributed by atoms with van der Waals surface area (Å²) in [5, 5.41) is 26.8. The van der Waals surface area contributed by atoms with Gasteiger partial charge in [0.1, 0.15) is 17.6 Å². The van der Waals surface area contributed by atoms with Gasteiger partial charge in [-0.3, -0.25) is 9.59 Å². The molecular weight excluding hydrogens is 490 g/mol. The average Bonchev–Trinajstić information content (AvgIpc) is 3.43. The van der Waals surface area contributed by atoms with Crippen molar-refractivity contribution in [2.24, 2.45) is 22.7 Å². The molecule has 3 N–H and O–H groups in total. The second-order valence-corrected chi connectivity index (χ2v) is 12.7. The van der Waals surface area contributed by atoms with Crippen LogP contribution in [0.5, 0.6) is 0 Å². The van der Waals surface area contributed by atoms with Crippen LogP contribution >= 0.6 is 11.6 Å². The number of anilines is 1. The Labute approximate surface area is 222 Å². The molecule has 0 bridgehead atoms. The highest BCUT2D eigenvalue weighted by atomic mass is 35.5. The van der Waals surface area contributed by atoms with Gasteiger partial charge in [-0.2, -0.15) is 5.26 Å². The van der Waals surface area contributed by atoms with E-state index in [4.69, 9.17) is 11.6 Å². The standard InChI is InChI=1S/C28H34ClN5O3/c1-15(35)32-17-5-16-9-28(4,10-21(16)24(36)6-17)26(37)33-25-8-19(22(29)13-31-25)20-7-18(12-30)34-14-27(2,3)11-23(20)34/h7-8,13,16-17,21,24,36H,5-6,9-11,14H2,1-4H3,(H,32,35)(H,31,33,37)/t16-,17-,21+,24+,28-/m1/s1. The van der Waals surface area contributed by atoms with Gasteiger partial charge in [-0.05, 0) is 61.5 Å². The summed E-state index contributed by atoms with van der Waals surface area (Å²) in [6.07, 6.45) is 4.35. The number of carbonyl (C=O) groups is 2. The molecule has 2 aromatic heterocycles. The Morgan fingerprint density at radius 3 is 2.68 bits per heavy atom. The average molecular weight is 524 g/mol. The fraction of sp³-hybridized carbons (Fsp3) is 0.571. The first kappa shape index (κ1) is 25.7. The zero-order valence-corrected chi connectivity index (χ0v) is 22.5. The minimum atomic E-state index is -0.654. The molecule has 3 aliphatic rings. The summed E-state index contributed by atoms with van der Waals surface area (Å²) < 4.78 is 2.06. The highest BCUT2D eigenvalue weighted by molar-refractivity contribution is 6.33. The predicted molar refractivity (Wildman–Crippen MR) is 141 cm³/mol. The van der Waals surface area contributed by atoms with Crippen molar-refractivity contribution in [3.63, 3.8) is 0 Å². The molecule has 2 aromatic rings. The zero-order chi connectivity index (χ0) is 26.7. The van der Waals surface area contributed by atoms with E-state index >= 15 is 0 Å². The van der Waals surface area contributed by atoms with E-state index in [2.05, 4.69) is 40.1 Å². The normalized spacial score (nSPS) is 29.8. The number of pyridine rings is 1. The van der Waals surface area contributed by atoms with Gasteiger partial charge in [0, 0.05) is 47.9 Å². The van der Waals surface area contributed by atoms with E-state index in [1.807, 2.05) is 13.0 Å². The first-order chi connectivity index (χ1) is 17.4. The van der Waals surface area contributed by atoms with Crippen molar-refractivity contribution >= 4 is 29.2 Å². The van der Waals surface area contributed by atoms with E-state index in [9.17, 15) is 20.0 Å². The molecule has 37 heavy (non-hydrogen) atoms. The monoisotopic (exact) mass is 523 g/mol. The van der Waals surface area contributed by atoms with Crippen LogP contribution in [0.15, 0.2) is 18.3 Å². The van der Waals surface area contributed by atoms with Gasteiger partial charge in [0.2, 0.25) is 11.8 Å². The Morgan fingerprint density at radius 2 is 1.97 bits per heavy atom. The Hall–Kier alpha value is -2.89. The molecule has 2 amide bonds. The molecule has 0 radical (unpaired) electrons. The van der Waals surface area contributed by atoms with E-state index in [0.29, 0.717) is 35.8 Å². The maximum Gasteiger partial charge on any atom is 0.231 e. The molecule has 2 fully saturated rings. The number of fused-ring (bicyclic) bond motifs is 2. The molecule has 5 atom stereocenters. The van der Waals surface area contributed by atoms with Crippen LogP contribution in [-0.2, 0) is 22.6 Å². The van der Waals surface area contributed by atoms with Gasteiger partial charge < -0.3 is 20.3 Å². The van der Waals surface area contributed by atoms with E-state index in [1.165, 1.54) is 6.92 Å². The lowest BCUT2D eigenvalue weighted by atomic mass is 9.77. The van der Waals surface area contributed by atoms with Gasteiger partial charge in [-0.1, -0.05) is 32.4 Å². The van der Waals surface area contributed by atoms with Gasteiger partial charge in [0.15, 0.2) is 0 Å². The Kier molecular flexibility index (Phi) is 6.36. The van der Waals surface area contributed by atoms with Crippen LogP contribution in [0.25, 0.3) is 11.1 Å². The largest absolute Gasteiger partial charge is 0.393 e. The molecule has 8 nitrogen and oxygen atoms in total. The van der Waals surface area contributed by atoms with Crippen molar-refractivity contribution < 1.29 is 14.7 Å². The fourth-order valence-corrected chi connectivity index (χ4v) is 7.14. The zero-order valence-electron chi connectivity index (χ0n) is 21.8. The second kappa shape index (κ2) is 9.14.